The molecule has 0 aliphatic carbocycles. The lowest BCUT2D eigenvalue weighted by molar-refractivity contribution is 0.0996. The maximum Gasteiger partial charge on any atom is 0.275 e. The zero-order valence-corrected chi connectivity index (χ0v) is 15.8. The molecule has 3 N–H and O–H groups in total. The molecule has 2 amide bonds. The lowest BCUT2D eigenvalue weighted by Crippen LogP contribution is -2.14. The minimum absolute atomic E-state index is 0.128. The van der Waals surface area contributed by atoms with Gasteiger partial charge < -0.3 is 15.8 Å². The first-order chi connectivity index (χ1) is 14.0. The molecule has 144 valence electrons. The Morgan fingerprint density at radius 3 is 2.55 bits per heavy atom. The van der Waals surface area contributed by atoms with E-state index in [1.165, 1.54) is 0 Å². The summed E-state index contributed by atoms with van der Waals surface area (Å²) in [4.78, 5) is 28.1. The van der Waals surface area contributed by atoms with Crippen molar-refractivity contribution in [1.82, 2.24) is 9.38 Å². The smallest absolute Gasteiger partial charge is 0.275 e. The molecule has 0 spiro atoms. The molecular weight excluding hydrogens is 392 g/mol. The summed E-state index contributed by atoms with van der Waals surface area (Å²) in [5.74, 6) is 0.115. The van der Waals surface area contributed by atoms with Crippen LogP contribution in [0, 0.1) is 0 Å². The number of anilines is 1. The Hall–Kier alpha value is -3.84. The third-order valence-corrected chi connectivity index (χ3v) is 4.43. The van der Waals surface area contributed by atoms with Crippen LogP contribution in [0.2, 0.25) is 5.15 Å². The Balaban J connectivity index is 1.49. The number of carbonyl (C=O) groups is 2. The molecule has 4 aromatic rings. The molecule has 7 nitrogen and oxygen atoms in total. The molecule has 0 fully saturated rings. The fourth-order valence-electron chi connectivity index (χ4n) is 2.82. The first-order valence-corrected chi connectivity index (χ1v) is 9.01. The summed E-state index contributed by atoms with van der Waals surface area (Å²) in [6.07, 6.45) is 1.72. The zero-order valence-electron chi connectivity index (χ0n) is 15.0. The molecule has 8 heteroatoms. The van der Waals surface area contributed by atoms with Crippen molar-refractivity contribution in [1.29, 1.82) is 0 Å². The molecule has 2 aromatic carbocycles. The SMILES string of the molecule is NC(=O)c1cccc(Oc2ccc(NC(=O)c3c(Cl)nc4ccccn34)cc2)c1. The van der Waals surface area contributed by atoms with Crippen molar-refractivity contribution < 1.29 is 14.3 Å². The molecule has 0 radical (unpaired) electrons. The van der Waals surface area contributed by atoms with E-state index in [1.807, 2.05) is 6.07 Å². The van der Waals surface area contributed by atoms with Gasteiger partial charge in [0, 0.05) is 17.4 Å². The lowest BCUT2D eigenvalue weighted by Gasteiger charge is -2.09. The predicted octanol–water partition coefficient (Wildman–Crippen LogP) is 4.13. The normalized spacial score (nSPS) is 10.7. The Morgan fingerprint density at radius 2 is 1.79 bits per heavy atom. The average molecular weight is 407 g/mol. The van der Waals surface area contributed by atoms with Crippen molar-refractivity contribution in [3.8, 4) is 11.5 Å². The number of nitrogens with one attached hydrogen (secondary N) is 1. The Morgan fingerprint density at radius 1 is 1.00 bits per heavy atom. The highest BCUT2D eigenvalue weighted by molar-refractivity contribution is 6.33. The van der Waals surface area contributed by atoms with Gasteiger partial charge in [-0.1, -0.05) is 23.7 Å². The molecule has 2 aromatic heterocycles. The van der Waals surface area contributed by atoms with Crippen molar-refractivity contribution >= 4 is 34.7 Å². The minimum atomic E-state index is -0.528. The summed E-state index contributed by atoms with van der Waals surface area (Å²) in [6.45, 7) is 0. The summed E-state index contributed by atoms with van der Waals surface area (Å²) in [7, 11) is 0. The van der Waals surface area contributed by atoms with Gasteiger partial charge >= 0.3 is 0 Å². The predicted molar refractivity (Wildman–Crippen MR) is 110 cm³/mol. The number of benzene rings is 2. The van der Waals surface area contributed by atoms with Gasteiger partial charge in [-0.3, -0.25) is 14.0 Å². The lowest BCUT2D eigenvalue weighted by atomic mass is 10.2. The number of hydrogen-bond acceptors (Lipinski definition) is 4. The van der Waals surface area contributed by atoms with Gasteiger partial charge in [-0.25, -0.2) is 4.98 Å². The van der Waals surface area contributed by atoms with Crippen LogP contribution in [0.4, 0.5) is 5.69 Å². The largest absolute Gasteiger partial charge is 0.457 e. The van der Waals surface area contributed by atoms with Gasteiger partial charge in [0.05, 0.1) is 0 Å². The number of hydrogen-bond donors (Lipinski definition) is 2. The molecule has 29 heavy (non-hydrogen) atoms. The van der Waals surface area contributed by atoms with E-state index in [0.717, 1.165) is 0 Å². The van der Waals surface area contributed by atoms with E-state index in [9.17, 15) is 9.59 Å². The highest BCUT2D eigenvalue weighted by Crippen LogP contribution is 2.25. The van der Waals surface area contributed by atoms with Crippen molar-refractivity contribution in [2.24, 2.45) is 5.73 Å². The molecule has 0 saturated carbocycles. The fourth-order valence-corrected chi connectivity index (χ4v) is 3.08. The van der Waals surface area contributed by atoms with Gasteiger partial charge in [-0.05, 0) is 54.6 Å². The van der Waals surface area contributed by atoms with Gasteiger partial charge in [0.25, 0.3) is 5.91 Å². The molecular formula is C21H15ClN4O3. The summed E-state index contributed by atoms with van der Waals surface area (Å²) in [5.41, 5.74) is 7.04. The van der Waals surface area contributed by atoms with E-state index in [2.05, 4.69) is 10.3 Å². The van der Waals surface area contributed by atoms with Crippen molar-refractivity contribution in [2.75, 3.05) is 5.32 Å². The number of aromatic nitrogens is 2. The molecule has 0 aliphatic rings. The number of amides is 2. The van der Waals surface area contributed by atoms with Gasteiger partial charge in [0.1, 0.15) is 17.1 Å². The number of ether oxygens (including phenoxy) is 1. The Labute approximate surface area is 170 Å². The number of pyridine rings is 1. The van der Waals surface area contributed by atoms with Crippen LogP contribution in [0.15, 0.2) is 72.9 Å². The van der Waals surface area contributed by atoms with Crippen molar-refractivity contribution in [2.45, 2.75) is 0 Å². The first-order valence-electron chi connectivity index (χ1n) is 8.63. The second-order valence-corrected chi connectivity index (χ2v) is 6.51. The minimum Gasteiger partial charge on any atom is -0.457 e. The topological polar surface area (TPSA) is 98.7 Å². The fraction of sp³-hybridized carbons (Fsp3) is 0. The van der Waals surface area contributed by atoms with Crippen LogP contribution >= 0.6 is 11.6 Å². The molecule has 0 atom stereocenters. The van der Waals surface area contributed by atoms with E-state index in [4.69, 9.17) is 22.1 Å². The molecule has 4 rings (SSSR count). The van der Waals surface area contributed by atoms with Crippen molar-refractivity contribution in [3.05, 3.63) is 89.3 Å². The van der Waals surface area contributed by atoms with Gasteiger partial charge in [-0.15, -0.1) is 0 Å². The van der Waals surface area contributed by atoms with Crippen molar-refractivity contribution in [3.63, 3.8) is 0 Å². The molecule has 0 aliphatic heterocycles. The number of imidazole rings is 1. The standard InChI is InChI=1S/C21H15ClN4O3/c22-19-18(26-11-2-1-6-17(26)25-19)21(28)24-14-7-9-15(10-8-14)29-16-5-3-4-13(12-16)20(23)27/h1-12H,(H2,23,27)(H,24,28). The maximum absolute atomic E-state index is 12.7. The number of nitrogens with zero attached hydrogens (tertiary/aromatic N) is 2. The number of fused-ring (bicyclic) bond motifs is 1. The number of carbonyl (C=O) groups excluding carboxylic acids is 2. The van der Waals surface area contributed by atoms with Gasteiger partial charge in [0.2, 0.25) is 5.91 Å². The first kappa shape index (κ1) is 18.5. The molecule has 0 saturated heterocycles. The highest BCUT2D eigenvalue weighted by Gasteiger charge is 2.18. The quantitative estimate of drug-likeness (QED) is 0.520. The second-order valence-electron chi connectivity index (χ2n) is 6.15. The van der Waals surface area contributed by atoms with E-state index < -0.39 is 5.91 Å². The average Bonchev–Trinajstić information content (AvgIpc) is 3.05. The second kappa shape index (κ2) is 7.65. The Bertz CT molecular complexity index is 1220. The number of halogens is 1. The summed E-state index contributed by atoms with van der Waals surface area (Å²) in [6, 6.07) is 18.7. The van der Waals surface area contributed by atoms with E-state index in [0.29, 0.717) is 28.4 Å². The van der Waals surface area contributed by atoms with Crippen LogP contribution < -0.4 is 15.8 Å². The van der Waals surface area contributed by atoms with Crippen LogP contribution in [-0.4, -0.2) is 21.2 Å². The zero-order chi connectivity index (χ0) is 20.4. The van der Waals surface area contributed by atoms with E-state index >= 15 is 0 Å². The van der Waals surface area contributed by atoms with Crippen LogP contribution in [-0.2, 0) is 0 Å². The van der Waals surface area contributed by atoms with Crippen LogP contribution in [0.1, 0.15) is 20.8 Å². The Kier molecular flexibility index (Phi) is 4.88. The van der Waals surface area contributed by atoms with Gasteiger partial charge in [-0.2, -0.15) is 0 Å². The third-order valence-electron chi connectivity index (χ3n) is 4.17. The molecule has 0 bridgehead atoms. The highest BCUT2D eigenvalue weighted by atomic mass is 35.5. The summed E-state index contributed by atoms with van der Waals surface area (Å²) >= 11 is 6.13. The monoisotopic (exact) mass is 406 g/mol. The van der Waals surface area contributed by atoms with Crippen LogP contribution in [0.25, 0.3) is 5.65 Å². The van der Waals surface area contributed by atoms with Gasteiger partial charge in [0.15, 0.2) is 10.8 Å². The maximum atomic E-state index is 12.7. The van der Waals surface area contributed by atoms with E-state index in [1.54, 1.807) is 71.3 Å². The third kappa shape index (κ3) is 3.90. The summed E-state index contributed by atoms with van der Waals surface area (Å²) in [5, 5.41) is 2.92. The van der Waals surface area contributed by atoms with E-state index in [-0.39, 0.29) is 16.8 Å². The van der Waals surface area contributed by atoms with Crippen LogP contribution in [0.3, 0.4) is 0 Å². The summed E-state index contributed by atoms with van der Waals surface area (Å²) < 4.78 is 7.35. The molecule has 2 heterocycles. The number of nitrogens with two attached hydrogens (primary N) is 1. The number of primary amides is 1. The number of rotatable bonds is 5. The molecule has 0 unspecified atom stereocenters. The van der Waals surface area contributed by atoms with Crippen LogP contribution in [0.5, 0.6) is 11.5 Å².